The average molecular weight is 193 g/mol. The van der Waals surface area contributed by atoms with Gasteiger partial charge in [0.2, 0.25) is 5.88 Å². The van der Waals surface area contributed by atoms with Crippen LogP contribution in [0.5, 0.6) is 5.88 Å². The Balaban J connectivity index is 1.92. The van der Waals surface area contributed by atoms with Crippen molar-refractivity contribution in [1.29, 1.82) is 0 Å². The van der Waals surface area contributed by atoms with Gasteiger partial charge in [-0.3, -0.25) is 4.98 Å². The highest BCUT2D eigenvalue weighted by Gasteiger charge is 2.14. The standard InChI is InChI=1S/C10H15N3O/c1-8-5-13-10(7-12-8)14-9-3-2-4-11-6-9/h5,7,9,11H,2-4,6H2,1H3. The Morgan fingerprint density at radius 1 is 1.43 bits per heavy atom. The lowest BCUT2D eigenvalue weighted by Crippen LogP contribution is -2.37. The van der Waals surface area contributed by atoms with Gasteiger partial charge in [0.05, 0.1) is 18.1 Å². The number of nitrogens with zero attached hydrogens (tertiary/aromatic N) is 2. The summed E-state index contributed by atoms with van der Waals surface area (Å²) in [6.45, 7) is 3.92. The molecule has 2 heterocycles. The summed E-state index contributed by atoms with van der Waals surface area (Å²) in [7, 11) is 0. The van der Waals surface area contributed by atoms with E-state index < -0.39 is 0 Å². The van der Waals surface area contributed by atoms with Crippen molar-refractivity contribution in [3.63, 3.8) is 0 Å². The van der Waals surface area contributed by atoms with Crippen LogP contribution in [0, 0.1) is 6.92 Å². The molecule has 1 aliphatic rings. The molecule has 4 nitrogen and oxygen atoms in total. The highest BCUT2D eigenvalue weighted by Crippen LogP contribution is 2.11. The van der Waals surface area contributed by atoms with Gasteiger partial charge in [0.25, 0.3) is 0 Å². The zero-order valence-corrected chi connectivity index (χ0v) is 8.36. The molecule has 1 aliphatic heterocycles. The Bertz CT molecular complexity index is 280. The minimum absolute atomic E-state index is 0.251. The van der Waals surface area contributed by atoms with Crippen molar-refractivity contribution < 1.29 is 4.74 Å². The lowest BCUT2D eigenvalue weighted by Gasteiger charge is -2.23. The van der Waals surface area contributed by atoms with E-state index in [1.54, 1.807) is 12.4 Å². The molecule has 1 unspecified atom stereocenters. The number of ether oxygens (including phenoxy) is 1. The van der Waals surface area contributed by atoms with Crippen molar-refractivity contribution in [3.05, 3.63) is 18.1 Å². The molecular weight excluding hydrogens is 178 g/mol. The van der Waals surface area contributed by atoms with Crippen molar-refractivity contribution >= 4 is 0 Å². The molecule has 0 aliphatic carbocycles. The quantitative estimate of drug-likeness (QED) is 0.758. The topological polar surface area (TPSA) is 47.0 Å². The first-order valence-electron chi connectivity index (χ1n) is 5.00. The summed E-state index contributed by atoms with van der Waals surface area (Å²) in [6.07, 6.45) is 5.93. The SMILES string of the molecule is Cc1cnc(OC2CCCNC2)cn1. The minimum Gasteiger partial charge on any atom is -0.472 e. The molecule has 0 radical (unpaired) electrons. The van der Waals surface area contributed by atoms with Gasteiger partial charge < -0.3 is 10.1 Å². The highest BCUT2D eigenvalue weighted by atomic mass is 16.5. The first-order valence-corrected chi connectivity index (χ1v) is 5.00. The Labute approximate surface area is 83.7 Å². The molecule has 1 saturated heterocycles. The second-order valence-electron chi connectivity index (χ2n) is 3.58. The number of hydrogen-bond acceptors (Lipinski definition) is 4. The molecule has 1 N–H and O–H groups in total. The summed E-state index contributed by atoms with van der Waals surface area (Å²) in [5.74, 6) is 0.629. The Morgan fingerprint density at radius 2 is 2.36 bits per heavy atom. The predicted octanol–water partition coefficient (Wildman–Crippen LogP) is 0.916. The number of aromatic nitrogens is 2. The molecule has 76 valence electrons. The number of hydrogen-bond donors (Lipinski definition) is 1. The van der Waals surface area contributed by atoms with Gasteiger partial charge in [-0.1, -0.05) is 0 Å². The molecular formula is C10H15N3O. The maximum Gasteiger partial charge on any atom is 0.232 e. The van der Waals surface area contributed by atoms with E-state index in [2.05, 4.69) is 15.3 Å². The first-order chi connectivity index (χ1) is 6.84. The molecule has 14 heavy (non-hydrogen) atoms. The molecule has 0 aromatic carbocycles. The van der Waals surface area contributed by atoms with Crippen LogP contribution in [0.1, 0.15) is 18.5 Å². The molecule has 2 rings (SSSR count). The van der Waals surface area contributed by atoms with E-state index in [-0.39, 0.29) is 6.10 Å². The van der Waals surface area contributed by atoms with Gasteiger partial charge in [-0.15, -0.1) is 0 Å². The van der Waals surface area contributed by atoms with Crippen LogP contribution in [0.2, 0.25) is 0 Å². The molecule has 0 saturated carbocycles. The average Bonchev–Trinajstić information content (AvgIpc) is 2.23. The molecule has 1 aromatic heterocycles. The summed E-state index contributed by atoms with van der Waals surface area (Å²) < 4.78 is 5.67. The van der Waals surface area contributed by atoms with Gasteiger partial charge in [-0.2, -0.15) is 0 Å². The van der Waals surface area contributed by atoms with Gasteiger partial charge >= 0.3 is 0 Å². The summed E-state index contributed by atoms with van der Waals surface area (Å²) in [5, 5.41) is 3.29. The van der Waals surface area contributed by atoms with E-state index >= 15 is 0 Å². The van der Waals surface area contributed by atoms with Gasteiger partial charge in [-0.05, 0) is 26.3 Å². The van der Waals surface area contributed by atoms with E-state index in [9.17, 15) is 0 Å². The third kappa shape index (κ3) is 2.42. The zero-order chi connectivity index (χ0) is 9.80. The number of aryl methyl sites for hydroxylation is 1. The minimum atomic E-state index is 0.251. The number of nitrogens with one attached hydrogen (secondary N) is 1. The lowest BCUT2D eigenvalue weighted by molar-refractivity contribution is 0.160. The fourth-order valence-corrected chi connectivity index (χ4v) is 1.53. The van der Waals surface area contributed by atoms with Crippen LogP contribution < -0.4 is 10.1 Å². The number of piperidine rings is 1. The van der Waals surface area contributed by atoms with E-state index in [0.717, 1.165) is 25.2 Å². The Kier molecular flexibility index (Phi) is 2.93. The van der Waals surface area contributed by atoms with Gasteiger partial charge in [-0.25, -0.2) is 4.98 Å². The van der Waals surface area contributed by atoms with Crippen molar-refractivity contribution in [3.8, 4) is 5.88 Å². The molecule has 0 amide bonds. The third-order valence-corrected chi connectivity index (χ3v) is 2.30. The van der Waals surface area contributed by atoms with Crippen molar-refractivity contribution in [2.45, 2.75) is 25.9 Å². The van der Waals surface area contributed by atoms with Crippen LogP contribution in [0.4, 0.5) is 0 Å². The summed E-state index contributed by atoms with van der Waals surface area (Å²) in [6, 6.07) is 0. The van der Waals surface area contributed by atoms with E-state index in [1.807, 2.05) is 6.92 Å². The fraction of sp³-hybridized carbons (Fsp3) is 0.600. The zero-order valence-electron chi connectivity index (χ0n) is 8.36. The largest absolute Gasteiger partial charge is 0.472 e. The normalized spacial score (nSPS) is 21.9. The maximum atomic E-state index is 5.67. The summed E-state index contributed by atoms with van der Waals surface area (Å²) in [5.41, 5.74) is 0.916. The van der Waals surface area contributed by atoms with Crippen LogP contribution >= 0.6 is 0 Å². The Morgan fingerprint density at radius 3 is 3.00 bits per heavy atom. The molecule has 1 fully saturated rings. The van der Waals surface area contributed by atoms with Gasteiger partial charge in [0.1, 0.15) is 6.10 Å². The number of rotatable bonds is 2. The smallest absolute Gasteiger partial charge is 0.232 e. The van der Waals surface area contributed by atoms with Crippen LogP contribution in [-0.4, -0.2) is 29.2 Å². The molecule has 1 aromatic rings. The monoisotopic (exact) mass is 193 g/mol. The fourth-order valence-electron chi connectivity index (χ4n) is 1.53. The van der Waals surface area contributed by atoms with Crippen LogP contribution in [-0.2, 0) is 0 Å². The van der Waals surface area contributed by atoms with E-state index in [0.29, 0.717) is 5.88 Å². The molecule has 1 atom stereocenters. The van der Waals surface area contributed by atoms with Crippen LogP contribution in [0.15, 0.2) is 12.4 Å². The molecule has 0 bridgehead atoms. The Hall–Kier alpha value is -1.16. The second-order valence-corrected chi connectivity index (χ2v) is 3.58. The van der Waals surface area contributed by atoms with Crippen LogP contribution in [0.3, 0.4) is 0 Å². The second kappa shape index (κ2) is 4.37. The first kappa shape index (κ1) is 9.40. The lowest BCUT2D eigenvalue weighted by atomic mass is 10.1. The van der Waals surface area contributed by atoms with E-state index in [4.69, 9.17) is 4.74 Å². The third-order valence-electron chi connectivity index (χ3n) is 2.30. The van der Waals surface area contributed by atoms with Gasteiger partial charge in [0.15, 0.2) is 0 Å². The van der Waals surface area contributed by atoms with Crippen molar-refractivity contribution in [2.24, 2.45) is 0 Å². The maximum absolute atomic E-state index is 5.67. The van der Waals surface area contributed by atoms with Gasteiger partial charge in [0, 0.05) is 6.54 Å². The molecule has 4 heteroatoms. The van der Waals surface area contributed by atoms with E-state index in [1.165, 1.54) is 6.42 Å². The molecule has 0 spiro atoms. The predicted molar refractivity (Wildman–Crippen MR) is 53.3 cm³/mol. The summed E-state index contributed by atoms with van der Waals surface area (Å²) in [4.78, 5) is 8.30. The highest BCUT2D eigenvalue weighted by molar-refractivity contribution is 5.06. The van der Waals surface area contributed by atoms with Crippen LogP contribution in [0.25, 0.3) is 0 Å². The summed E-state index contributed by atoms with van der Waals surface area (Å²) >= 11 is 0. The van der Waals surface area contributed by atoms with Crippen molar-refractivity contribution in [1.82, 2.24) is 15.3 Å². The van der Waals surface area contributed by atoms with Crippen molar-refractivity contribution in [2.75, 3.05) is 13.1 Å².